The summed E-state index contributed by atoms with van der Waals surface area (Å²) < 4.78 is 14.3. The molecule has 2 atom stereocenters. The van der Waals surface area contributed by atoms with Gasteiger partial charge in [-0.05, 0) is 69.7 Å². The van der Waals surface area contributed by atoms with E-state index in [1.54, 1.807) is 35.2 Å². The molecule has 0 aliphatic carbocycles. The van der Waals surface area contributed by atoms with Gasteiger partial charge in [-0.25, -0.2) is 9.37 Å². The largest absolute Gasteiger partial charge is 0.325 e. The molecule has 0 bridgehead atoms. The quantitative estimate of drug-likeness (QED) is 0.596. The Morgan fingerprint density at radius 2 is 2.03 bits per heavy atom. The number of halogens is 1. The summed E-state index contributed by atoms with van der Waals surface area (Å²) in [6, 6.07) is 12.6. The van der Waals surface area contributed by atoms with Gasteiger partial charge in [0.2, 0.25) is 5.91 Å². The number of carbonyl (C=O) groups excluding carboxylic acids is 1. The number of amides is 1. The van der Waals surface area contributed by atoms with Crippen molar-refractivity contribution in [1.82, 2.24) is 9.88 Å². The first kappa shape index (κ1) is 20.3. The van der Waals surface area contributed by atoms with E-state index in [9.17, 15) is 9.18 Å². The second kappa shape index (κ2) is 8.42. The van der Waals surface area contributed by atoms with E-state index >= 15 is 0 Å². The molecule has 0 spiro atoms. The minimum atomic E-state index is -0.228. The predicted molar refractivity (Wildman–Crippen MR) is 119 cm³/mol. The molecule has 29 heavy (non-hydrogen) atoms. The summed E-state index contributed by atoms with van der Waals surface area (Å²) in [4.78, 5) is 20.9. The SMILES string of the molecule is Cc1nc2cc(NC(=O)[C@@H]3C[C@H](Sc4ccc(F)cc4)CN3C(C)C)ccc2s1. The third-order valence-electron chi connectivity index (χ3n) is 5.15. The highest BCUT2D eigenvalue weighted by molar-refractivity contribution is 8.00. The summed E-state index contributed by atoms with van der Waals surface area (Å²) in [7, 11) is 0. The fourth-order valence-electron chi connectivity index (χ4n) is 3.79. The third-order valence-corrected chi connectivity index (χ3v) is 7.32. The normalized spacial score (nSPS) is 19.9. The van der Waals surface area contributed by atoms with Crippen molar-refractivity contribution < 1.29 is 9.18 Å². The number of rotatable bonds is 5. The first-order valence-corrected chi connectivity index (χ1v) is 11.4. The summed E-state index contributed by atoms with van der Waals surface area (Å²) in [6.07, 6.45) is 0.768. The molecule has 0 radical (unpaired) electrons. The van der Waals surface area contributed by atoms with E-state index in [-0.39, 0.29) is 23.8 Å². The number of hydrogen-bond donors (Lipinski definition) is 1. The van der Waals surface area contributed by atoms with Crippen LogP contribution in [0.15, 0.2) is 47.4 Å². The molecule has 0 unspecified atom stereocenters. The van der Waals surface area contributed by atoms with Gasteiger partial charge in [-0.1, -0.05) is 0 Å². The van der Waals surface area contributed by atoms with Crippen molar-refractivity contribution in [3.05, 3.63) is 53.3 Å². The predicted octanol–water partition coefficient (Wildman–Crippen LogP) is 5.33. The van der Waals surface area contributed by atoms with Crippen LogP contribution < -0.4 is 5.32 Å². The lowest BCUT2D eigenvalue weighted by molar-refractivity contribution is -0.120. The van der Waals surface area contributed by atoms with Crippen molar-refractivity contribution in [2.24, 2.45) is 0 Å². The van der Waals surface area contributed by atoms with E-state index in [4.69, 9.17) is 0 Å². The van der Waals surface area contributed by atoms with Gasteiger partial charge in [-0.15, -0.1) is 23.1 Å². The minimum absolute atomic E-state index is 0.0206. The molecule has 152 valence electrons. The zero-order valence-electron chi connectivity index (χ0n) is 16.7. The molecule has 2 aromatic carbocycles. The molecule has 3 aromatic rings. The Bertz CT molecular complexity index is 1020. The average molecular weight is 430 g/mol. The Morgan fingerprint density at radius 1 is 1.28 bits per heavy atom. The van der Waals surface area contributed by atoms with Crippen molar-refractivity contribution in [2.45, 2.75) is 49.4 Å². The number of carbonyl (C=O) groups is 1. The lowest BCUT2D eigenvalue weighted by atomic mass is 10.1. The molecule has 2 heterocycles. The summed E-state index contributed by atoms with van der Waals surface area (Å²) in [6.45, 7) is 7.06. The summed E-state index contributed by atoms with van der Waals surface area (Å²) >= 11 is 3.37. The number of hydrogen-bond acceptors (Lipinski definition) is 5. The van der Waals surface area contributed by atoms with Crippen LogP contribution in [-0.4, -0.2) is 39.7 Å². The van der Waals surface area contributed by atoms with E-state index in [0.717, 1.165) is 38.8 Å². The summed E-state index contributed by atoms with van der Waals surface area (Å²) in [5, 5.41) is 4.40. The topological polar surface area (TPSA) is 45.2 Å². The van der Waals surface area contributed by atoms with Gasteiger partial charge in [-0.3, -0.25) is 9.69 Å². The highest BCUT2D eigenvalue weighted by atomic mass is 32.2. The first-order chi connectivity index (χ1) is 13.9. The van der Waals surface area contributed by atoms with Gasteiger partial charge in [-0.2, -0.15) is 0 Å². The Kier molecular flexibility index (Phi) is 5.90. The third kappa shape index (κ3) is 4.63. The maximum atomic E-state index is 13.2. The van der Waals surface area contributed by atoms with Gasteiger partial charge in [0.1, 0.15) is 5.82 Å². The Hall–Kier alpha value is -1.96. The maximum absolute atomic E-state index is 13.2. The van der Waals surface area contributed by atoms with E-state index in [0.29, 0.717) is 5.25 Å². The smallest absolute Gasteiger partial charge is 0.241 e. The number of nitrogens with zero attached hydrogens (tertiary/aromatic N) is 2. The van der Waals surface area contributed by atoms with Crippen molar-refractivity contribution in [3.63, 3.8) is 0 Å². The van der Waals surface area contributed by atoms with Crippen molar-refractivity contribution >= 4 is 44.9 Å². The van der Waals surface area contributed by atoms with Gasteiger partial charge < -0.3 is 5.32 Å². The molecule has 4 nitrogen and oxygen atoms in total. The number of thiazole rings is 1. The highest BCUT2D eigenvalue weighted by Gasteiger charge is 2.38. The Balaban J connectivity index is 1.46. The monoisotopic (exact) mass is 429 g/mol. The fraction of sp³-hybridized carbons (Fsp3) is 0.364. The van der Waals surface area contributed by atoms with E-state index in [2.05, 4.69) is 29.0 Å². The Morgan fingerprint density at radius 3 is 2.76 bits per heavy atom. The number of nitrogens with one attached hydrogen (secondary N) is 1. The number of aromatic nitrogens is 1. The number of fused-ring (bicyclic) bond motifs is 1. The molecular weight excluding hydrogens is 405 g/mol. The van der Waals surface area contributed by atoms with Crippen LogP contribution in [-0.2, 0) is 4.79 Å². The number of thioether (sulfide) groups is 1. The summed E-state index contributed by atoms with van der Waals surface area (Å²) in [5.41, 5.74) is 1.70. The molecule has 1 aliphatic heterocycles. The molecule has 1 aromatic heterocycles. The van der Waals surface area contributed by atoms with Gasteiger partial charge in [0.15, 0.2) is 0 Å². The van der Waals surface area contributed by atoms with Crippen LogP contribution in [0, 0.1) is 12.7 Å². The first-order valence-electron chi connectivity index (χ1n) is 9.75. The molecule has 1 aliphatic rings. The van der Waals surface area contributed by atoms with Gasteiger partial charge >= 0.3 is 0 Å². The molecular formula is C22H24FN3OS2. The molecule has 1 amide bonds. The summed E-state index contributed by atoms with van der Waals surface area (Å²) in [5.74, 6) is -0.207. The standard InChI is InChI=1S/C22H24FN3OS2/c1-13(2)26-12-18(29-17-7-4-15(23)5-8-17)11-20(26)22(27)25-16-6-9-21-19(10-16)24-14(3)28-21/h4-10,13,18,20H,11-12H2,1-3H3,(H,25,27)/t18-,20-/m0/s1. The fourth-order valence-corrected chi connectivity index (χ4v) is 5.80. The molecule has 1 fully saturated rings. The molecule has 4 rings (SSSR count). The zero-order chi connectivity index (χ0) is 20.5. The van der Waals surface area contributed by atoms with Gasteiger partial charge in [0.25, 0.3) is 0 Å². The molecule has 0 saturated carbocycles. The van der Waals surface area contributed by atoms with Crippen molar-refractivity contribution in [2.75, 3.05) is 11.9 Å². The average Bonchev–Trinajstić information content (AvgIpc) is 3.26. The van der Waals surface area contributed by atoms with Crippen LogP contribution in [0.4, 0.5) is 10.1 Å². The Labute approximate surface area is 178 Å². The minimum Gasteiger partial charge on any atom is -0.325 e. The van der Waals surface area contributed by atoms with Crippen LogP contribution in [0.5, 0.6) is 0 Å². The van der Waals surface area contributed by atoms with Crippen LogP contribution >= 0.6 is 23.1 Å². The second-order valence-corrected chi connectivity index (χ2v) is 10.2. The van der Waals surface area contributed by atoms with Crippen molar-refractivity contribution in [1.29, 1.82) is 0 Å². The number of anilines is 1. The van der Waals surface area contributed by atoms with Crippen LogP contribution in [0.1, 0.15) is 25.3 Å². The van der Waals surface area contributed by atoms with Crippen LogP contribution in [0.2, 0.25) is 0 Å². The molecule has 1 N–H and O–H groups in total. The van der Waals surface area contributed by atoms with Crippen LogP contribution in [0.3, 0.4) is 0 Å². The van der Waals surface area contributed by atoms with Gasteiger partial charge in [0, 0.05) is 28.4 Å². The maximum Gasteiger partial charge on any atom is 0.241 e. The zero-order valence-corrected chi connectivity index (χ0v) is 18.3. The second-order valence-electron chi connectivity index (χ2n) is 7.64. The highest BCUT2D eigenvalue weighted by Crippen LogP contribution is 2.34. The van der Waals surface area contributed by atoms with Crippen molar-refractivity contribution in [3.8, 4) is 0 Å². The van der Waals surface area contributed by atoms with Crippen LogP contribution in [0.25, 0.3) is 10.2 Å². The number of likely N-dealkylation sites (tertiary alicyclic amines) is 1. The lowest BCUT2D eigenvalue weighted by Crippen LogP contribution is -2.43. The van der Waals surface area contributed by atoms with E-state index in [1.807, 2.05) is 25.1 Å². The lowest BCUT2D eigenvalue weighted by Gasteiger charge is -2.27. The number of benzene rings is 2. The van der Waals surface area contributed by atoms with E-state index in [1.165, 1.54) is 12.1 Å². The molecule has 1 saturated heterocycles. The van der Waals surface area contributed by atoms with Gasteiger partial charge in [0.05, 0.1) is 21.3 Å². The molecule has 7 heteroatoms. The number of aryl methyl sites for hydroxylation is 1. The van der Waals surface area contributed by atoms with E-state index < -0.39 is 0 Å².